The molecule has 5 nitrogen and oxygen atoms in total. The molecule has 2 unspecified atom stereocenters. The summed E-state index contributed by atoms with van der Waals surface area (Å²) in [7, 11) is 1.60. The molecule has 2 amide bonds. The summed E-state index contributed by atoms with van der Waals surface area (Å²) in [5.74, 6) is 0.274. The van der Waals surface area contributed by atoms with Gasteiger partial charge < -0.3 is 15.4 Å². The van der Waals surface area contributed by atoms with E-state index in [0.717, 1.165) is 24.3 Å². The van der Waals surface area contributed by atoms with Gasteiger partial charge >= 0.3 is 0 Å². The lowest BCUT2D eigenvalue weighted by Crippen LogP contribution is -2.28. The first kappa shape index (κ1) is 17.5. The van der Waals surface area contributed by atoms with Crippen molar-refractivity contribution in [1.29, 1.82) is 0 Å². The van der Waals surface area contributed by atoms with Gasteiger partial charge in [0.1, 0.15) is 5.75 Å². The normalized spacial score (nSPS) is 21.9. The molecular weight excluding hydrogens is 316 g/mol. The van der Waals surface area contributed by atoms with Gasteiger partial charge in [-0.25, -0.2) is 0 Å². The molecule has 25 heavy (non-hydrogen) atoms. The number of carbonyl (C=O) groups is 2. The van der Waals surface area contributed by atoms with E-state index in [4.69, 9.17) is 4.74 Å². The monoisotopic (exact) mass is 342 g/mol. The number of hydrogen-bond donors (Lipinski definition) is 2. The zero-order valence-electron chi connectivity index (χ0n) is 14.7. The number of carbonyl (C=O) groups excluding carboxylic acids is 2. The molecule has 2 atom stereocenters. The van der Waals surface area contributed by atoms with Crippen LogP contribution in [0.3, 0.4) is 0 Å². The van der Waals surface area contributed by atoms with Crippen molar-refractivity contribution in [2.75, 3.05) is 19.0 Å². The highest BCUT2D eigenvalue weighted by Crippen LogP contribution is 2.39. The molecule has 134 valence electrons. The molecule has 0 saturated heterocycles. The third-order valence-corrected chi connectivity index (χ3v) is 4.95. The molecular formula is C20H26N2O3. The Morgan fingerprint density at radius 2 is 1.88 bits per heavy atom. The molecule has 0 aliphatic heterocycles. The Kier molecular flexibility index (Phi) is 5.74. The van der Waals surface area contributed by atoms with Crippen LogP contribution in [0.2, 0.25) is 0 Å². The van der Waals surface area contributed by atoms with Gasteiger partial charge in [-0.15, -0.1) is 0 Å². The standard InChI is InChI=1S/C20H26N2O3/c1-25-16-9-7-15(8-10-16)22-20(24)18-13-17(18)19(23)21-12-11-14-5-3-2-4-6-14/h5,7-10,17-18H,2-4,6,11-13H2,1H3,(H,21,23)(H,22,24). The Morgan fingerprint density at radius 3 is 2.56 bits per heavy atom. The van der Waals surface area contributed by atoms with Crippen molar-refractivity contribution in [3.63, 3.8) is 0 Å². The quantitative estimate of drug-likeness (QED) is 0.747. The molecule has 1 fully saturated rings. The number of rotatable bonds is 7. The smallest absolute Gasteiger partial charge is 0.228 e. The molecule has 2 aliphatic rings. The first-order chi connectivity index (χ1) is 12.2. The number of hydrogen-bond acceptors (Lipinski definition) is 3. The van der Waals surface area contributed by atoms with E-state index in [2.05, 4.69) is 16.7 Å². The van der Waals surface area contributed by atoms with Crippen LogP contribution in [0.5, 0.6) is 5.75 Å². The van der Waals surface area contributed by atoms with Crippen molar-refractivity contribution in [2.45, 2.75) is 38.5 Å². The maximum absolute atomic E-state index is 12.2. The van der Waals surface area contributed by atoms with Crippen LogP contribution in [-0.2, 0) is 9.59 Å². The van der Waals surface area contributed by atoms with Crippen LogP contribution in [0, 0.1) is 11.8 Å². The molecule has 1 aromatic carbocycles. The number of amides is 2. The summed E-state index contributed by atoms with van der Waals surface area (Å²) in [4.78, 5) is 24.4. The van der Waals surface area contributed by atoms with Gasteiger partial charge in [0, 0.05) is 12.2 Å². The van der Waals surface area contributed by atoms with Crippen LogP contribution in [0.15, 0.2) is 35.9 Å². The minimum absolute atomic E-state index is 0.00582. The molecule has 1 aromatic rings. The Hall–Kier alpha value is -2.30. The van der Waals surface area contributed by atoms with E-state index in [9.17, 15) is 9.59 Å². The van der Waals surface area contributed by atoms with Crippen molar-refractivity contribution in [2.24, 2.45) is 11.8 Å². The van der Waals surface area contributed by atoms with Crippen molar-refractivity contribution < 1.29 is 14.3 Å². The molecule has 3 rings (SSSR count). The summed E-state index contributed by atoms with van der Waals surface area (Å²) in [5, 5.41) is 5.84. The SMILES string of the molecule is COc1ccc(NC(=O)C2CC2C(=O)NCCC2=CCCCC2)cc1. The number of methoxy groups -OCH3 is 1. The van der Waals surface area contributed by atoms with Gasteiger partial charge in [-0.2, -0.15) is 0 Å². The summed E-state index contributed by atoms with van der Waals surface area (Å²) >= 11 is 0. The maximum atomic E-state index is 12.2. The summed E-state index contributed by atoms with van der Waals surface area (Å²) in [6.07, 6.45) is 8.74. The lowest BCUT2D eigenvalue weighted by atomic mass is 9.97. The van der Waals surface area contributed by atoms with Crippen LogP contribution in [0.1, 0.15) is 38.5 Å². The van der Waals surface area contributed by atoms with E-state index in [1.807, 2.05) is 0 Å². The van der Waals surface area contributed by atoms with E-state index in [1.54, 1.807) is 31.4 Å². The highest BCUT2D eigenvalue weighted by atomic mass is 16.5. The second-order valence-electron chi connectivity index (χ2n) is 6.82. The lowest BCUT2D eigenvalue weighted by molar-refractivity contribution is -0.125. The zero-order chi connectivity index (χ0) is 17.6. The van der Waals surface area contributed by atoms with Gasteiger partial charge in [-0.3, -0.25) is 9.59 Å². The van der Waals surface area contributed by atoms with Crippen molar-refractivity contribution in [1.82, 2.24) is 5.32 Å². The third-order valence-electron chi connectivity index (χ3n) is 4.95. The second kappa shape index (κ2) is 8.19. The number of ether oxygens (including phenoxy) is 1. The summed E-state index contributed by atoms with van der Waals surface area (Å²) in [5.41, 5.74) is 2.18. The summed E-state index contributed by atoms with van der Waals surface area (Å²) < 4.78 is 5.09. The van der Waals surface area contributed by atoms with Gasteiger partial charge in [-0.05, 0) is 62.8 Å². The van der Waals surface area contributed by atoms with Crippen LogP contribution in [-0.4, -0.2) is 25.5 Å². The predicted octanol–water partition coefficient (Wildman–Crippen LogP) is 3.28. The van der Waals surface area contributed by atoms with E-state index in [1.165, 1.54) is 24.8 Å². The minimum Gasteiger partial charge on any atom is -0.497 e. The zero-order valence-corrected chi connectivity index (χ0v) is 14.7. The fourth-order valence-electron chi connectivity index (χ4n) is 3.29. The molecule has 0 bridgehead atoms. The summed E-state index contributed by atoms with van der Waals surface area (Å²) in [6.45, 7) is 0.675. The van der Waals surface area contributed by atoms with E-state index in [0.29, 0.717) is 13.0 Å². The number of nitrogens with one attached hydrogen (secondary N) is 2. The van der Waals surface area contributed by atoms with Gasteiger partial charge in [0.15, 0.2) is 0 Å². The molecule has 2 N–H and O–H groups in total. The van der Waals surface area contributed by atoms with E-state index in [-0.39, 0.29) is 23.7 Å². The van der Waals surface area contributed by atoms with Crippen molar-refractivity contribution in [3.05, 3.63) is 35.9 Å². The Balaban J connectivity index is 1.39. The Labute approximate surface area is 148 Å². The summed E-state index contributed by atoms with van der Waals surface area (Å²) in [6, 6.07) is 7.19. The molecule has 0 aromatic heterocycles. The van der Waals surface area contributed by atoms with Crippen LogP contribution >= 0.6 is 0 Å². The fourth-order valence-corrected chi connectivity index (χ4v) is 3.29. The van der Waals surface area contributed by atoms with Crippen molar-refractivity contribution in [3.8, 4) is 5.75 Å². The minimum atomic E-state index is -0.212. The average Bonchev–Trinajstić information content (AvgIpc) is 3.44. The molecule has 0 radical (unpaired) electrons. The maximum Gasteiger partial charge on any atom is 0.228 e. The lowest BCUT2D eigenvalue weighted by Gasteiger charge is -2.13. The molecule has 1 saturated carbocycles. The average molecular weight is 342 g/mol. The van der Waals surface area contributed by atoms with Gasteiger partial charge in [0.25, 0.3) is 0 Å². The predicted molar refractivity (Wildman–Crippen MR) is 97.4 cm³/mol. The van der Waals surface area contributed by atoms with Crippen LogP contribution in [0.4, 0.5) is 5.69 Å². The molecule has 0 spiro atoms. The van der Waals surface area contributed by atoms with Gasteiger partial charge in [0.2, 0.25) is 11.8 Å². The van der Waals surface area contributed by atoms with Gasteiger partial charge in [-0.1, -0.05) is 11.6 Å². The van der Waals surface area contributed by atoms with E-state index >= 15 is 0 Å². The Morgan fingerprint density at radius 1 is 1.12 bits per heavy atom. The number of anilines is 1. The molecule has 2 aliphatic carbocycles. The fraction of sp³-hybridized carbons (Fsp3) is 0.500. The number of benzene rings is 1. The van der Waals surface area contributed by atoms with Gasteiger partial charge in [0.05, 0.1) is 18.9 Å². The first-order valence-electron chi connectivity index (χ1n) is 9.08. The Bertz CT molecular complexity index is 651. The number of allylic oxidation sites excluding steroid dienone is 1. The first-order valence-corrected chi connectivity index (χ1v) is 9.08. The van der Waals surface area contributed by atoms with Crippen LogP contribution < -0.4 is 15.4 Å². The third kappa shape index (κ3) is 4.84. The van der Waals surface area contributed by atoms with Crippen molar-refractivity contribution >= 4 is 17.5 Å². The van der Waals surface area contributed by atoms with E-state index < -0.39 is 0 Å². The highest BCUT2D eigenvalue weighted by Gasteiger charge is 2.47. The molecule has 0 heterocycles. The van der Waals surface area contributed by atoms with Crippen LogP contribution in [0.25, 0.3) is 0 Å². The topological polar surface area (TPSA) is 67.4 Å². The largest absolute Gasteiger partial charge is 0.497 e. The second-order valence-corrected chi connectivity index (χ2v) is 6.82. The molecule has 5 heteroatoms. The highest BCUT2D eigenvalue weighted by molar-refractivity contribution is 5.99.